The predicted molar refractivity (Wildman–Crippen MR) is 50.8 cm³/mol. The normalized spacial score (nSPS) is 9.93. The number of halogens is 2. The first kappa shape index (κ1) is 10.9. The summed E-state index contributed by atoms with van der Waals surface area (Å²) in [6.07, 6.45) is 0. The molecular weight excluding hydrogens is 209 g/mol. The first-order valence-corrected chi connectivity index (χ1v) is 4.37. The van der Waals surface area contributed by atoms with Gasteiger partial charge in [0.15, 0.2) is 0 Å². The number of benzene rings is 1. The zero-order chi connectivity index (χ0) is 10.6. The highest BCUT2D eigenvalue weighted by Crippen LogP contribution is 2.16. The molecule has 0 saturated heterocycles. The van der Waals surface area contributed by atoms with Crippen LogP contribution in [0.5, 0.6) is 0 Å². The van der Waals surface area contributed by atoms with E-state index < -0.39 is 11.7 Å². The molecule has 1 amide bonds. The van der Waals surface area contributed by atoms with Crippen LogP contribution in [0.15, 0.2) is 18.2 Å². The third-order valence-electron chi connectivity index (χ3n) is 1.57. The Balaban J connectivity index is 2.80. The summed E-state index contributed by atoms with van der Waals surface area (Å²) in [6.45, 7) is -0.00288. The maximum atomic E-state index is 12.6. The maximum absolute atomic E-state index is 12.6. The summed E-state index contributed by atoms with van der Waals surface area (Å²) < 4.78 is 12.6. The van der Waals surface area contributed by atoms with E-state index in [0.29, 0.717) is 0 Å². The lowest BCUT2D eigenvalue weighted by Crippen LogP contribution is -2.26. The van der Waals surface area contributed by atoms with Crippen molar-refractivity contribution in [1.82, 2.24) is 5.32 Å². The second kappa shape index (κ2) is 4.93. The van der Waals surface area contributed by atoms with Crippen LogP contribution in [0.1, 0.15) is 10.4 Å². The van der Waals surface area contributed by atoms with Gasteiger partial charge in [-0.3, -0.25) is 4.79 Å². The molecule has 0 aliphatic carbocycles. The highest BCUT2D eigenvalue weighted by molar-refractivity contribution is 6.33. The van der Waals surface area contributed by atoms with Crippen molar-refractivity contribution in [3.8, 4) is 0 Å². The van der Waals surface area contributed by atoms with Gasteiger partial charge >= 0.3 is 0 Å². The van der Waals surface area contributed by atoms with Crippen LogP contribution in [0.2, 0.25) is 5.02 Å². The zero-order valence-electron chi connectivity index (χ0n) is 7.26. The monoisotopic (exact) mass is 217 g/mol. The summed E-state index contributed by atoms with van der Waals surface area (Å²) >= 11 is 5.64. The van der Waals surface area contributed by atoms with Gasteiger partial charge in [-0.05, 0) is 18.2 Å². The van der Waals surface area contributed by atoms with Gasteiger partial charge in [0.25, 0.3) is 5.91 Å². The molecule has 3 nitrogen and oxygen atoms in total. The van der Waals surface area contributed by atoms with E-state index in [-0.39, 0.29) is 23.7 Å². The van der Waals surface area contributed by atoms with Crippen LogP contribution >= 0.6 is 11.6 Å². The van der Waals surface area contributed by atoms with Crippen molar-refractivity contribution in [2.45, 2.75) is 0 Å². The molecular formula is C9H9ClFNO2. The lowest BCUT2D eigenvalue weighted by molar-refractivity contribution is 0.0945. The van der Waals surface area contributed by atoms with Gasteiger partial charge < -0.3 is 10.4 Å². The van der Waals surface area contributed by atoms with E-state index >= 15 is 0 Å². The van der Waals surface area contributed by atoms with Crippen LogP contribution in [-0.4, -0.2) is 24.2 Å². The number of nitrogens with one attached hydrogen (secondary N) is 1. The number of amides is 1. The molecule has 0 saturated carbocycles. The Hall–Kier alpha value is -1.13. The first-order valence-electron chi connectivity index (χ1n) is 3.99. The fourth-order valence-electron chi connectivity index (χ4n) is 0.938. The molecule has 76 valence electrons. The largest absolute Gasteiger partial charge is 0.395 e. The van der Waals surface area contributed by atoms with Crippen LogP contribution in [0, 0.1) is 5.82 Å². The Bertz CT molecular complexity index is 344. The quantitative estimate of drug-likeness (QED) is 0.800. The number of carbonyl (C=O) groups is 1. The Kier molecular flexibility index (Phi) is 3.85. The molecule has 5 heteroatoms. The predicted octanol–water partition coefficient (Wildman–Crippen LogP) is 1.20. The number of carbonyl (C=O) groups excluding carboxylic acids is 1. The number of aliphatic hydroxyl groups excluding tert-OH is 1. The van der Waals surface area contributed by atoms with E-state index in [1.54, 1.807) is 0 Å². The second-order valence-corrected chi connectivity index (χ2v) is 3.01. The standard InChI is InChI=1S/C9H9ClFNO2/c10-8-5-6(11)1-2-7(8)9(14)12-3-4-13/h1-2,5,13H,3-4H2,(H,12,14). The average Bonchev–Trinajstić information content (AvgIpc) is 2.14. The van der Waals surface area contributed by atoms with Gasteiger partial charge in [0.1, 0.15) is 5.82 Å². The van der Waals surface area contributed by atoms with Crippen molar-refractivity contribution in [1.29, 1.82) is 0 Å². The van der Waals surface area contributed by atoms with Gasteiger partial charge in [-0.1, -0.05) is 11.6 Å². The minimum Gasteiger partial charge on any atom is -0.395 e. The lowest BCUT2D eigenvalue weighted by Gasteiger charge is -2.04. The van der Waals surface area contributed by atoms with E-state index in [2.05, 4.69) is 5.32 Å². The molecule has 0 aliphatic rings. The van der Waals surface area contributed by atoms with Crippen molar-refractivity contribution in [3.05, 3.63) is 34.6 Å². The molecule has 2 N–H and O–H groups in total. The van der Waals surface area contributed by atoms with Gasteiger partial charge in [-0.25, -0.2) is 4.39 Å². The fraction of sp³-hybridized carbons (Fsp3) is 0.222. The Labute approximate surface area is 85.5 Å². The molecule has 0 atom stereocenters. The molecule has 14 heavy (non-hydrogen) atoms. The van der Waals surface area contributed by atoms with E-state index in [1.807, 2.05) is 0 Å². The van der Waals surface area contributed by atoms with Gasteiger partial charge in [-0.2, -0.15) is 0 Å². The summed E-state index contributed by atoms with van der Waals surface area (Å²) in [7, 11) is 0. The molecule has 0 radical (unpaired) electrons. The smallest absolute Gasteiger partial charge is 0.252 e. The van der Waals surface area contributed by atoms with E-state index in [0.717, 1.165) is 12.1 Å². The summed E-state index contributed by atoms with van der Waals surface area (Å²) in [5.74, 6) is -0.919. The van der Waals surface area contributed by atoms with Crippen LogP contribution in [0.25, 0.3) is 0 Å². The Morgan fingerprint density at radius 1 is 1.57 bits per heavy atom. The van der Waals surface area contributed by atoms with E-state index in [9.17, 15) is 9.18 Å². The van der Waals surface area contributed by atoms with Gasteiger partial charge in [0.2, 0.25) is 0 Å². The molecule has 0 aromatic heterocycles. The van der Waals surface area contributed by atoms with Crippen LogP contribution < -0.4 is 5.32 Å². The lowest BCUT2D eigenvalue weighted by atomic mass is 10.2. The summed E-state index contributed by atoms with van der Waals surface area (Å²) in [6, 6.07) is 3.51. The first-order chi connectivity index (χ1) is 6.65. The van der Waals surface area contributed by atoms with Crippen molar-refractivity contribution in [3.63, 3.8) is 0 Å². The molecule has 1 rings (SSSR count). The minimum absolute atomic E-state index is 0.0560. The molecule has 1 aromatic carbocycles. The van der Waals surface area contributed by atoms with E-state index in [1.165, 1.54) is 6.07 Å². The van der Waals surface area contributed by atoms with Crippen LogP contribution in [0.3, 0.4) is 0 Å². The molecule has 1 aromatic rings. The van der Waals surface area contributed by atoms with Crippen molar-refractivity contribution in [2.75, 3.05) is 13.2 Å². The number of rotatable bonds is 3. The highest BCUT2D eigenvalue weighted by Gasteiger charge is 2.09. The Morgan fingerprint density at radius 2 is 2.29 bits per heavy atom. The summed E-state index contributed by atoms with van der Waals surface area (Å²) in [4.78, 5) is 11.3. The van der Waals surface area contributed by atoms with Gasteiger partial charge in [-0.15, -0.1) is 0 Å². The molecule has 0 fully saturated rings. The molecule has 0 spiro atoms. The zero-order valence-corrected chi connectivity index (χ0v) is 8.01. The third kappa shape index (κ3) is 2.68. The van der Waals surface area contributed by atoms with Crippen LogP contribution in [-0.2, 0) is 0 Å². The van der Waals surface area contributed by atoms with Crippen molar-refractivity contribution in [2.24, 2.45) is 0 Å². The number of hydrogen-bond donors (Lipinski definition) is 2. The second-order valence-electron chi connectivity index (χ2n) is 2.60. The number of hydrogen-bond acceptors (Lipinski definition) is 2. The number of aliphatic hydroxyl groups is 1. The summed E-state index contributed by atoms with van der Waals surface area (Å²) in [5, 5.41) is 10.9. The highest BCUT2D eigenvalue weighted by atomic mass is 35.5. The molecule has 0 heterocycles. The summed E-state index contributed by atoms with van der Waals surface area (Å²) in [5.41, 5.74) is 0.196. The minimum atomic E-state index is -0.492. The topological polar surface area (TPSA) is 49.3 Å². The fourth-order valence-corrected chi connectivity index (χ4v) is 1.19. The Morgan fingerprint density at radius 3 is 2.86 bits per heavy atom. The third-order valence-corrected chi connectivity index (χ3v) is 1.89. The van der Waals surface area contributed by atoms with Crippen LogP contribution in [0.4, 0.5) is 4.39 Å². The molecule has 0 bridgehead atoms. The van der Waals surface area contributed by atoms with Gasteiger partial charge in [0, 0.05) is 6.54 Å². The average molecular weight is 218 g/mol. The van der Waals surface area contributed by atoms with Crippen molar-refractivity contribution >= 4 is 17.5 Å². The SMILES string of the molecule is O=C(NCCO)c1ccc(F)cc1Cl. The molecule has 0 unspecified atom stereocenters. The van der Waals surface area contributed by atoms with Crippen molar-refractivity contribution < 1.29 is 14.3 Å². The maximum Gasteiger partial charge on any atom is 0.252 e. The van der Waals surface area contributed by atoms with Gasteiger partial charge in [0.05, 0.1) is 17.2 Å². The van der Waals surface area contributed by atoms with E-state index in [4.69, 9.17) is 16.7 Å². The molecule has 0 aliphatic heterocycles.